The van der Waals surface area contributed by atoms with Gasteiger partial charge in [-0.1, -0.05) is 60.7 Å². The van der Waals surface area contributed by atoms with Crippen LogP contribution in [0.4, 0.5) is 0 Å². The molecule has 0 aliphatic rings. The van der Waals surface area contributed by atoms with Gasteiger partial charge in [0.25, 0.3) is 0 Å². The Morgan fingerprint density at radius 3 is 1.95 bits per heavy atom. The van der Waals surface area contributed by atoms with E-state index in [1.54, 1.807) is 0 Å². The molecule has 0 aliphatic carbocycles. The van der Waals surface area contributed by atoms with Crippen LogP contribution in [0.1, 0.15) is 29.4 Å². The van der Waals surface area contributed by atoms with Crippen molar-refractivity contribution in [1.29, 1.82) is 5.26 Å². The third-order valence-electron chi connectivity index (χ3n) is 3.32. The summed E-state index contributed by atoms with van der Waals surface area (Å²) < 4.78 is 0. The standard InChI is InChI=1S/C17H15NO2/c18-12-16(14-9-5-2-6-10-14)15(11-17(19)20)13-7-3-1-4-8-13/h1-10,15-16H,11H2,(H,19,20). The maximum atomic E-state index is 11.1. The number of nitrogens with zero attached hydrogens (tertiary/aromatic N) is 1. The summed E-state index contributed by atoms with van der Waals surface area (Å²) in [5, 5.41) is 18.6. The zero-order valence-electron chi connectivity index (χ0n) is 10.9. The Morgan fingerprint density at radius 2 is 1.50 bits per heavy atom. The maximum Gasteiger partial charge on any atom is 0.304 e. The second-order valence-electron chi connectivity index (χ2n) is 4.63. The van der Waals surface area contributed by atoms with Crippen molar-refractivity contribution in [1.82, 2.24) is 0 Å². The first-order valence-electron chi connectivity index (χ1n) is 6.43. The Balaban J connectivity index is 2.40. The SMILES string of the molecule is N#CC(c1ccccc1)C(CC(=O)O)c1ccccc1. The minimum Gasteiger partial charge on any atom is -0.481 e. The molecule has 2 unspecified atom stereocenters. The molecule has 0 saturated carbocycles. The van der Waals surface area contributed by atoms with E-state index in [0.29, 0.717) is 0 Å². The van der Waals surface area contributed by atoms with E-state index in [9.17, 15) is 10.1 Å². The van der Waals surface area contributed by atoms with Crippen molar-refractivity contribution in [2.24, 2.45) is 0 Å². The van der Waals surface area contributed by atoms with Crippen molar-refractivity contribution in [2.45, 2.75) is 18.3 Å². The van der Waals surface area contributed by atoms with Crippen molar-refractivity contribution < 1.29 is 9.90 Å². The zero-order valence-corrected chi connectivity index (χ0v) is 10.9. The maximum absolute atomic E-state index is 11.1. The van der Waals surface area contributed by atoms with E-state index >= 15 is 0 Å². The summed E-state index contributed by atoms with van der Waals surface area (Å²) in [4.78, 5) is 11.1. The molecule has 0 aromatic heterocycles. The number of carboxylic acids is 1. The number of hydrogen-bond donors (Lipinski definition) is 1. The Morgan fingerprint density at radius 1 is 1.00 bits per heavy atom. The molecule has 3 heteroatoms. The normalized spacial score (nSPS) is 13.2. The van der Waals surface area contributed by atoms with Crippen molar-refractivity contribution in [2.75, 3.05) is 0 Å². The highest BCUT2D eigenvalue weighted by atomic mass is 16.4. The van der Waals surface area contributed by atoms with Gasteiger partial charge in [0.15, 0.2) is 0 Å². The number of rotatable bonds is 5. The third-order valence-corrected chi connectivity index (χ3v) is 3.32. The summed E-state index contributed by atoms with van der Waals surface area (Å²) in [5.74, 6) is -1.70. The van der Waals surface area contributed by atoms with E-state index in [-0.39, 0.29) is 12.3 Å². The van der Waals surface area contributed by atoms with Crippen LogP contribution in [0, 0.1) is 11.3 Å². The van der Waals surface area contributed by atoms with Crippen LogP contribution >= 0.6 is 0 Å². The topological polar surface area (TPSA) is 61.1 Å². The van der Waals surface area contributed by atoms with Crippen molar-refractivity contribution >= 4 is 5.97 Å². The lowest BCUT2D eigenvalue weighted by atomic mass is 9.80. The number of aliphatic carboxylic acids is 1. The number of carboxylic acid groups (broad SMARTS) is 1. The monoisotopic (exact) mass is 265 g/mol. The fraction of sp³-hybridized carbons (Fsp3) is 0.176. The Kier molecular flexibility index (Phi) is 4.52. The average Bonchev–Trinajstić information content (AvgIpc) is 2.49. The lowest BCUT2D eigenvalue weighted by molar-refractivity contribution is -0.137. The van der Waals surface area contributed by atoms with E-state index in [1.807, 2.05) is 60.7 Å². The van der Waals surface area contributed by atoms with Gasteiger partial charge in [0, 0.05) is 5.92 Å². The summed E-state index contributed by atoms with van der Waals surface area (Å²) in [6.07, 6.45) is -0.0584. The Labute approximate surface area is 118 Å². The molecule has 3 nitrogen and oxygen atoms in total. The molecule has 0 amide bonds. The van der Waals surface area contributed by atoms with Crippen LogP contribution in [0.15, 0.2) is 60.7 Å². The minimum absolute atomic E-state index is 0.0584. The zero-order chi connectivity index (χ0) is 14.4. The molecule has 0 heterocycles. The first kappa shape index (κ1) is 13.8. The van der Waals surface area contributed by atoms with Crippen LogP contribution in [0.3, 0.4) is 0 Å². The van der Waals surface area contributed by atoms with Crippen LogP contribution in [-0.4, -0.2) is 11.1 Å². The van der Waals surface area contributed by atoms with Crippen molar-refractivity contribution in [3.05, 3.63) is 71.8 Å². The van der Waals surface area contributed by atoms with E-state index in [0.717, 1.165) is 11.1 Å². The lowest BCUT2D eigenvalue weighted by Crippen LogP contribution is -2.14. The molecule has 0 saturated heterocycles. The molecular formula is C17H15NO2. The smallest absolute Gasteiger partial charge is 0.304 e. The van der Waals surface area contributed by atoms with Gasteiger partial charge < -0.3 is 5.11 Å². The number of hydrogen-bond acceptors (Lipinski definition) is 2. The molecule has 2 aromatic rings. The van der Waals surface area contributed by atoms with E-state index < -0.39 is 11.9 Å². The molecular weight excluding hydrogens is 250 g/mol. The highest BCUT2D eigenvalue weighted by molar-refractivity contribution is 5.68. The van der Waals surface area contributed by atoms with Gasteiger partial charge in [-0.2, -0.15) is 5.26 Å². The molecule has 100 valence electrons. The highest BCUT2D eigenvalue weighted by Gasteiger charge is 2.26. The largest absolute Gasteiger partial charge is 0.481 e. The average molecular weight is 265 g/mol. The van der Waals surface area contributed by atoms with Gasteiger partial charge in [0.05, 0.1) is 18.4 Å². The first-order valence-corrected chi connectivity index (χ1v) is 6.43. The predicted octanol–water partition coefficient (Wildman–Crippen LogP) is 3.55. The summed E-state index contributed by atoms with van der Waals surface area (Å²) >= 11 is 0. The van der Waals surface area contributed by atoms with Crippen LogP contribution in [0.5, 0.6) is 0 Å². The molecule has 2 rings (SSSR count). The molecule has 20 heavy (non-hydrogen) atoms. The van der Waals surface area contributed by atoms with Crippen LogP contribution in [0.2, 0.25) is 0 Å². The Hall–Kier alpha value is -2.60. The summed E-state index contributed by atoms with van der Waals surface area (Å²) in [6, 6.07) is 21.0. The van der Waals surface area contributed by atoms with E-state index in [2.05, 4.69) is 6.07 Å². The molecule has 0 fully saturated rings. The fourth-order valence-electron chi connectivity index (χ4n) is 2.37. The second kappa shape index (κ2) is 6.53. The molecule has 1 N–H and O–H groups in total. The van der Waals surface area contributed by atoms with Crippen LogP contribution < -0.4 is 0 Å². The number of nitriles is 1. The Bertz CT molecular complexity index is 602. The van der Waals surface area contributed by atoms with Crippen molar-refractivity contribution in [3.63, 3.8) is 0 Å². The first-order chi connectivity index (χ1) is 9.72. The van der Waals surface area contributed by atoms with Gasteiger partial charge in [0.1, 0.15) is 0 Å². The van der Waals surface area contributed by atoms with Gasteiger partial charge in [-0.3, -0.25) is 4.79 Å². The molecule has 0 radical (unpaired) electrons. The van der Waals surface area contributed by atoms with Gasteiger partial charge in [-0.05, 0) is 11.1 Å². The lowest BCUT2D eigenvalue weighted by Gasteiger charge is -2.21. The molecule has 2 aromatic carbocycles. The molecule has 0 spiro atoms. The van der Waals surface area contributed by atoms with E-state index in [1.165, 1.54) is 0 Å². The molecule has 0 bridgehead atoms. The molecule has 2 atom stereocenters. The summed E-state index contributed by atoms with van der Waals surface area (Å²) in [6.45, 7) is 0. The number of carbonyl (C=O) groups is 1. The minimum atomic E-state index is -0.893. The van der Waals surface area contributed by atoms with Crippen molar-refractivity contribution in [3.8, 4) is 6.07 Å². The van der Waals surface area contributed by atoms with E-state index in [4.69, 9.17) is 5.11 Å². The van der Waals surface area contributed by atoms with Crippen LogP contribution in [0.25, 0.3) is 0 Å². The van der Waals surface area contributed by atoms with Crippen LogP contribution in [-0.2, 0) is 4.79 Å². The third kappa shape index (κ3) is 3.24. The highest BCUT2D eigenvalue weighted by Crippen LogP contribution is 2.35. The predicted molar refractivity (Wildman–Crippen MR) is 76.2 cm³/mol. The van der Waals surface area contributed by atoms with Gasteiger partial charge in [-0.25, -0.2) is 0 Å². The van der Waals surface area contributed by atoms with Gasteiger partial charge in [0.2, 0.25) is 0 Å². The second-order valence-corrected chi connectivity index (χ2v) is 4.63. The summed E-state index contributed by atoms with van der Waals surface area (Å²) in [5.41, 5.74) is 1.73. The quantitative estimate of drug-likeness (QED) is 0.899. The molecule has 0 aliphatic heterocycles. The fourth-order valence-corrected chi connectivity index (χ4v) is 2.37. The number of benzene rings is 2. The van der Waals surface area contributed by atoms with Gasteiger partial charge in [-0.15, -0.1) is 0 Å². The van der Waals surface area contributed by atoms with Gasteiger partial charge >= 0.3 is 5.97 Å². The summed E-state index contributed by atoms with van der Waals surface area (Å²) in [7, 11) is 0.